The fraction of sp³-hybridized carbons (Fsp3) is 0.263. The third-order valence-electron chi connectivity index (χ3n) is 4.86. The van der Waals surface area contributed by atoms with E-state index < -0.39 is 5.60 Å². The van der Waals surface area contributed by atoms with Gasteiger partial charge in [0.1, 0.15) is 5.60 Å². The Kier molecular flexibility index (Phi) is 3.68. The molecule has 1 amide bonds. The molecule has 5 heteroatoms. The van der Waals surface area contributed by atoms with Crippen LogP contribution in [-0.2, 0) is 10.3 Å². The number of piperidine rings is 1. The van der Waals surface area contributed by atoms with E-state index in [-0.39, 0.29) is 11.9 Å². The molecule has 2 aliphatic heterocycles. The quantitative estimate of drug-likeness (QED) is 0.702. The summed E-state index contributed by atoms with van der Waals surface area (Å²) in [6, 6.07) is 15.0. The van der Waals surface area contributed by atoms with Gasteiger partial charge in [0.25, 0.3) is 5.91 Å². The van der Waals surface area contributed by atoms with Crippen molar-refractivity contribution in [3.63, 3.8) is 0 Å². The van der Waals surface area contributed by atoms with E-state index in [2.05, 4.69) is 15.9 Å². The van der Waals surface area contributed by atoms with E-state index in [1.807, 2.05) is 53.4 Å². The number of fused-ring (bicyclic) bond motifs is 2. The first-order chi connectivity index (χ1) is 11.6. The summed E-state index contributed by atoms with van der Waals surface area (Å²) in [4.78, 5) is 26.6. The van der Waals surface area contributed by atoms with Gasteiger partial charge in [-0.25, -0.2) is 4.79 Å². The Morgan fingerprint density at radius 2 is 1.83 bits per heavy atom. The summed E-state index contributed by atoms with van der Waals surface area (Å²) in [5, 5.41) is 0. The first-order valence-corrected chi connectivity index (χ1v) is 8.76. The van der Waals surface area contributed by atoms with Gasteiger partial charge in [0, 0.05) is 41.5 Å². The molecule has 1 saturated heterocycles. The predicted molar refractivity (Wildman–Crippen MR) is 92.8 cm³/mol. The molecule has 24 heavy (non-hydrogen) atoms. The predicted octanol–water partition coefficient (Wildman–Crippen LogP) is 3.75. The molecule has 0 unspecified atom stereocenters. The number of ether oxygens (including phenoxy) is 1. The number of benzene rings is 2. The minimum atomic E-state index is -0.568. The zero-order chi connectivity index (χ0) is 16.7. The first kappa shape index (κ1) is 15.4. The smallest absolute Gasteiger partial charge is 0.339 e. The van der Waals surface area contributed by atoms with Gasteiger partial charge in [-0.3, -0.25) is 4.79 Å². The molecule has 2 aromatic rings. The molecule has 4 nitrogen and oxygen atoms in total. The summed E-state index contributed by atoms with van der Waals surface area (Å²) < 4.78 is 6.62. The molecule has 2 aliphatic rings. The average Bonchev–Trinajstić information content (AvgIpc) is 2.88. The zero-order valence-electron chi connectivity index (χ0n) is 13.0. The maximum absolute atomic E-state index is 12.7. The number of carbonyl (C=O) groups excluding carboxylic acids is 2. The molecule has 1 spiro atoms. The Labute approximate surface area is 148 Å². The molecule has 1 fully saturated rings. The van der Waals surface area contributed by atoms with Crippen molar-refractivity contribution >= 4 is 27.8 Å². The molecular weight excluding hydrogens is 370 g/mol. The molecular formula is C19H16BrNO3. The second-order valence-corrected chi connectivity index (χ2v) is 7.15. The van der Waals surface area contributed by atoms with Crippen LogP contribution in [0.1, 0.15) is 39.1 Å². The summed E-state index contributed by atoms with van der Waals surface area (Å²) in [6.45, 7) is 1.15. The fourth-order valence-electron chi connectivity index (χ4n) is 3.59. The van der Waals surface area contributed by atoms with Gasteiger partial charge < -0.3 is 9.64 Å². The van der Waals surface area contributed by atoms with Crippen molar-refractivity contribution in [2.75, 3.05) is 13.1 Å². The molecule has 0 N–H and O–H groups in total. The molecule has 0 aliphatic carbocycles. The van der Waals surface area contributed by atoms with Crippen LogP contribution in [-0.4, -0.2) is 29.9 Å². The van der Waals surface area contributed by atoms with E-state index >= 15 is 0 Å². The van der Waals surface area contributed by atoms with Crippen LogP contribution in [0.4, 0.5) is 0 Å². The van der Waals surface area contributed by atoms with Crippen LogP contribution in [0.5, 0.6) is 0 Å². The highest BCUT2D eigenvalue weighted by molar-refractivity contribution is 9.10. The Bertz CT molecular complexity index is 825. The number of halogens is 1. The van der Waals surface area contributed by atoms with Crippen molar-refractivity contribution in [1.29, 1.82) is 0 Å². The maximum Gasteiger partial charge on any atom is 0.339 e. The lowest BCUT2D eigenvalue weighted by atomic mass is 9.83. The highest BCUT2D eigenvalue weighted by Crippen LogP contribution is 2.44. The van der Waals surface area contributed by atoms with Crippen molar-refractivity contribution < 1.29 is 14.3 Å². The Morgan fingerprint density at radius 3 is 2.58 bits per heavy atom. The highest BCUT2D eigenvalue weighted by Gasteiger charge is 2.47. The number of likely N-dealkylation sites (tertiary alicyclic amines) is 1. The van der Waals surface area contributed by atoms with Gasteiger partial charge >= 0.3 is 5.97 Å². The van der Waals surface area contributed by atoms with E-state index in [0.29, 0.717) is 37.1 Å². The third kappa shape index (κ3) is 2.44. The van der Waals surface area contributed by atoms with Crippen LogP contribution < -0.4 is 0 Å². The molecule has 2 aromatic carbocycles. The third-order valence-corrected chi connectivity index (χ3v) is 5.35. The molecule has 2 heterocycles. The van der Waals surface area contributed by atoms with E-state index in [0.717, 1.165) is 10.0 Å². The van der Waals surface area contributed by atoms with Crippen LogP contribution >= 0.6 is 15.9 Å². The lowest BCUT2D eigenvalue weighted by Gasteiger charge is -2.38. The number of rotatable bonds is 1. The molecule has 122 valence electrons. The lowest BCUT2D eigenvalue weighted by Crippen LogP contribution is -2.45. The van der Waals surface area contributed by atoms with Crippen LogP contribution in [0.25, 0.3) is 0 Å². The number of hydrogen-bond acceptors (Lipinski definition) is 3. The molecule has 0 aromatic heterocycles. The van der Waals surface area contributed by atoms with Crippen molar-refractivity contribution in [3.05, 3.63) is 69.7 Å². The van der Waals surface area contributed by atoms with E-state index in [1.54, 1.807) is 0 Å². The molecule has 0 atom stereocenters. The second-order valence-electron chi connectivity index (χ2n) is 6.23. The monoisotopic (exact) mass is 385 g/mol. The minimum absolute atomic E-state index is 0.0174. The number of hydrogen-bond donors (Lipinski definition) is 0. The highest BCUT2D eigenvalue weighted by atomic mass is 79.9. The zero-order valence-corrected chi connectivity index (χ0v) is 14.6. The largest absolute Gasteiger partial charge is 0.450 e. The number of amides is 1. The van der Waals surface area contributed by atoms with Gasteiger partial charge in [-0.05, 0) is 24.3 Å². The van der Waals surface area contributed by atoms with E-state index in [9.17, 15) is 9.59 Å². The van der Waals surface area contributed by atoms with E-state index in [4.69, 9.17) is 4.74 Å². The van der Waals surface area contributed by atoms with Crippen molar-refractivity contribution in [2.45, 2.75) is 18.4 Å². The van der Waals surface area contributed by atoms with Crippen LogP contribution in [0.15, 0.2) is 53.0 Å². The summed E-state index contributed by atoms with van der Waals surface area (Å²) in [6.07, 6.45) is 1.27. The molecule has 0 radical (unpaired) electrons. The van der Waals surface area contributed by atoms with Gasteiger partial charge in [-0.15, -0.1) is 0 Å². The minimum Gasteiger partial charge on any atom is -0.450 e. The first-order valence-electron chi connectivity index (χ1n) is 7.97. The Morgan fingerprint density at radius 1 is 1.08 bits per heavy atom. The van der Waals surface area contributed by atoms with Crippen LogP contribution in [0, 0.1) is 0 Å². The normalized spacial score (nSPS) is 18.4. The van der Waals surface area contributed by atoms with Crippen molar-refractivity contribution in [1.82, 2.24) is 4.90 Å². The molecule has 0 bridgehead atoms. The number of nitrogens with zero attached hydrogens (tertiary/aromatic N) is 1. The summed E-state index contributed by atoms with van der Waals surface area (Å²) in [7, 11) is 0. The SMILES string of the molecule is O=C1OC2(CCN(C(=O)c3cccc(Br)c3)CC2)c2ccccc21. The van der Waals surface area contributed by atoms with Gasteiger partial charge in [0.05, 0.1) is 5.56 Å². The topological polar surface area (TPSA) is 46.6 Å². The summed E-state index contributed by atoms with van der Waals surface area (Å²) >= 11 is 3.40. The number of esters is 1. The lowest BCUT2D eigenvalue weighted by molar-refractivity contribution is -0.0389. The summed E-state index contributed by atoms with van der Waals surface area (Å²) in [5.41, 5.74) is 1.72. The number of carbonyl (C=O) groups is 2. The maximum atomic E-state index is 12.7. The Balaban J connectivity index is 1.54. The molecule has 0 saturated carbocycles. The van der Waals surface area contributed by atoms with Crippen LogP contribution in [0.3, 0.4) is 0 Å². The van der Waals surface area contributed by atoms with Gasteiger partial charge in [0.2, 0.25) is 0 Å². The van der Waals surface area contributed by atoms with Crippen molar-refractivity contribution in [2.24, 2.45) is 0 Å². The van der Waals surface area contributed by atoms with E-state index in [1.165, 1.54) is 0 Å². The Hall–Kier alpha value is -2.14. The fourth-order valence-corrected chi connectivity index (χ4v) is 3.99. The average molecular weight is 386 g/mol. The van der Waals surface area contributed by atoms with Crippen LogP contribution in [0.2, 0.25) is 0 Å². The molecule has 4 rings (SSSR count). The standard InChI is InChI=1S/C19H16BrNO3/c20-14-5-3-4-13(12-14)17(22)21-10-8-19(9-11-21)16-7-2-1-6-15(16)18(23)24-19/h1-7,12H,8-11H2. The van der Waals surface area contributed by atoms with Gasteiger partial charge in [0.15, 0.2) is 0 Å². The second kappa shape index (κ2) is 5.74. The van der Waals surface area contributed by atoms with Gasteiger partial charge in [-0.2, -0.15) is 0 Å². The van der Waals surface area contributed by atoms with Gasteiger partial charge in [-0.1, -0.05) is 40.2 Å². The summed E-state index contributed by atoms with van der Waals surface area (Å²) in [5.74, 6) is -0.235. The van der Waals surface area contributed by atoms with Crippen molar-refractivity contribution in [3.8, 4) is 0 Å².